The fourth-order valence-corrected chi connectivity index (χ4v) is 5.08. The van der Waals surface area contributed by atoms with Gasteiger partial charge in [-0.05, 0) is 68.1 Å². The molecule has 0 aromatic heterocycles. The summed E-state index contributed by atoms with van der Waals surface area (Å²) >= 11 is 6.25. The van der Waals surface area contributed by atoms with Gasteiger partial charge in [-0.3, -0.25) is 9.10 Å². The van der Waals surface area contributed by atoms with E-state index in [1.807, 2.05) is 38.1 Å². The number of carbonyl (C=O) groups excluding carboxylic acids is 1. The van der Waals surface area contributed by atoms with Crippen molar-refractivity contribution >= 4 is 33.2 Å². The van der Waals surface area contributed by atoms with Crippen molar-refractivity contribution < 1.29 is 17.9 Å². The summed E-state index contributed by atoms with van der Waals surface area (Å²) in [5.41, 5.74) is 2.22. The number of para-hydroxylation sites is 1. The van der Waals surface area contributed by atoms with Crippen molar-refractivity contribution in [2.45, 2.75) is 31.6 Å². The summed E-state index contributed by atoms with van der Waals surface area (Å²) < 4.78 is 33.5. The van der Waals surface area contributed by atoms with E-state index < -0.39 is 15.9 Å². The van der Waals surface area contributed by atoms with Gasteiger partial charge in [0.05, 0.1) is 17.2 Å². The molecule has 0 saturated heterocycles. The first-order valence-electron chi connectivity index (χ1n) is 11.1. The van der Waals surface area contributed by atoms with Crippen LogP contribution < -0.4 is 14.4 Å². The van der Waals surface area contributed by atoms with Crippen LogP contribution in [-0.2, 0) is 21.2 Å². The van der Waals surface area contributed by atoms with Gasteiger partial charge in [-0.2, -0.15) is 0 Å². The second-order valence-corrected chi connectivity index (χ2v) is 10.0. The Morgan fingerprint density at radius 1 is 1.03 bits per heavy atom. The minimum Gasteiger partial charge on any atom is -0.494 e. The monoisotopic (exact) mass is 500 g/mol. The van der Waals surface area contributed by atoms with E-state index in [0.717, 1.165) is 27.6 Å². The molecule has 6 nitrogen and oxygen atoms in total. The Balaban J connectivity index is 1.70. The molecule has 180 valence electrons. The number of halogens is 1. The Kier molecular flexibility index (Phi) is 8.96. The van der Waals surface area contributed by atoms with Gasteiger partial charge in [0.15, 0.2) is 0 Å². The highest BCUT2D eigenvalue weighted by Gasteiger charge is 2.27. The number of amides is 1. The van der Waals surface area contributed by atoms with Crippen LogP contribution in [0.5, 0.6) is 5.75 Å². The first kappa shape index (κ1) is 25.6. The highest BCUT2D eigenvalue weighted by atomic mass is 35.5. The lowest BCUT2D eigenvalue weighted by atomic mass is 10.1. The Labute approximate surface area is 206 Å². The molecule has 0 bridgehead atoms. The van der Waals surface area contributed by atoms with Crippen LogP contribution in [0, 0.1) is 6.92 Å². The topological polar surface area (TPSA) is 75.7 Å². The lowest BCUT2D eigenvalue weighted by molar-refractivity contribution is -0.119. The van der Waals surface area contributed by atoms with E-state index in [-0.39, 0.29) is 11.4 Å². The molecule has 1 amide bonds. The summed E-state index contributed by atoms with van der Waals surface area (Å²) in [5.74, 6) is 0.446. The van der Waals surface area contributed by atoms with Crippen molar-refractivity contribution in [2.75, 3.05) is 24.0 Å². The lowest BCUT2D eigenvalue weighted by Gasteiger charge is -2.24. The number of nitrogens with one attached hydrogen (secondary N) is 1. The Hall–Kier alpha value is -3.03. The molecule has 8 heteroatoms. The van der Waals surface area contributed by atoms with E-state index >= 15 is 0 Å². The molecule has 0 fully saturated rings. The molecule has 0 aliphatic carbocycles. The summed E-state index contributed by atoms with van der Waals surface area (Å²) in [5, 5.41) is 3.27. The number of hydrogen-bond acceptors (Lipinski definition) is 4. The van der Waals surface area contributed by atoms with Crippen LogP contribution in [0.15, 0.2) is 77.7 Å². The quantitative estimate of drug-likeness (QED) is 0.376. The third-order valence-electron chi connectivity index (χ3n) is 5.28. The maximum atomic E-state index is 13.4. The van der Waals surface area contributed by atoms with E-state index in [4.69, 9.17) is 16.3 Å². The number of carbonyl (C=O) groups is 1. The molecule has 3 aromatic rings. The van der Waals surface area contributed by atoms with Gasteiger partial charge in [0.25, 0.3) is 10.0 Å². The van der Waals surface area contributed by atoms with Gasteiger partial charge in [-0.15, -0.1) is 0 Å². The van der Waals surface area contributed by atoms with Gasteiger partial charge < -0.3 is 10.1 Å². The van der Waals surface area contributed by atoms with E-state index in [1.54, 1.807) is 36.4 Å². The molecule has 0 atom stereocenters. The molecule has 0 heterocycles. The fraction of sp³-hybridized carbons (Fsp3) is 0.269. The van der Waals surface area contributed by atoms with Crippen molar-refractivity contribution in [3.05, 3.63) is 88.9 Å². The number of rotatable bonds is 11. The largest absolute Gasteiger partial charge is 0.494 e. The molecular formula is C26H29ClN2O4S. The zero-order chi connectivity index (χ0) is 24.6. The zero-order valence-electron chi connectivity index (χ0n) is 19.3. The van der Waals surface area contributed by atoms with Crippen molar-refractivity contribution in [1.82, 2.24) is 5.32 Å². The predicted octanol–water partition coefficient (Wildman–Crippen LogP) is 4.99. The fourth-order valence-electron chi connectivity index (χ4n) is 3.47. The van der Waals surface area contributed by atoms with Gasteiger partial charge in [0, 0.05) is 11.6 Å². The number of ether oxygens (including phenoxy) is 1. The second kappa shape index (κ2) is 11.9. The minimum atomic E-state index is -3.97. The first-order chi connectivity index (χ1) is 16.3. The van der Waals surface area contributed by atoms with Crippen LogP contribution in [0.3, 0.4) is 0 Å². The maximum Gasteiger partial charge on any atom is 0.264 e. The molecule has 0 unspecified atom stereocenters. The van der Waals surface area contributed by atoms with E-state index in [0.29, 0.717) is 30.3 Å². The van der Waals surface area contributed by atoms with Gasteiger partial charge in [0.2, 0.25) is 5.91 Å². The molecule has 0 radical (unpaired) electrons. The normalized spacial score (nSPS) is 11.1. The SMILES string of the molecule is CCOc1ccccc1CCCNC(=O)CN(c1ccc(C)c(Cl)c1)S(=O)(=O)c1ccccc1. The highest BCUT2D eigenvalue weighted by Crippen LogP contribution is 2.28. The maximum absolute atomic E-state index is 13.4. The molecule has 3 rings (SSSR count). The average molecular weight is 501 g/mol. The molecule has 0 saturated carbocycles. The van der Waals surface area contributed by atoms with Gasteiger partial charge in [-0.25, -0.2) is 8.42 Å². The number of sulfonamides is 1. The van der Waals surface area contributed by atoms with Gasteiger partial charge >= 0.3 is 0 Å². The predicted molar refractivity (Wildman–Crippen MR) is 136 cm³/mol. The Morgan fingerprint density at radius 2 is 1.74 bits per heavy atom. The number of aryl methyl sites for hydroxylation is 2. The number of anilines is 1. The molecule has 0 aliphatic rings. The van der Waals surface area contributed by atoms with Gasteiger partial charge in [-0.1, -0.05) is 54.1 Å². The van der Waals surface area contributed by atoms with Crippen molar-refractivity contribution in [2.24, 2.45) is 0 Å². The van der Waals surface area contributed by atoms with Crippen LogP contribution in [0.4, 0.5) is 5.69 Å². The van der Waals surface area contributed by atoms with Crippen LogP contribution in [0.2, 0.25) is 5.02 Å². The van der Waals surface area contributed by atoms with E-state index in [2.05, 4.69) is 5.32 Å². The van der Waals surface area contributed by atoms with Crippen molar-refractivity contribution in [3.63, 3.8) is 0 Å². The van der Waals surface area contributed by atoms with E-state index in [9.17, 15) is 13.2 Å². The van der Waals surface area contributed by atoms with Crippen molar-refractivity contribution in [3.8, 4) is 5.75 Å². The van der Waals surface area contributed by atoms with E-state index in [1.165, 1.54) is 12.1 Å². The molecule has 3 aromatic carbocycles. The Bertz CT molecular complexity index is 1220. The average Bonchev–Trinajstić information content (AvgIpc) is 2.84. The molecule has 34 heavy (non-hydrogen) atoms. The van der Waals surface area contributed by atoms with Crippen LogP contribution in [-0.4, -0.2) is 34.0 Å². The lowest BCUT2D eigenvalue weighted by Crippen LogP contribution is -2.41. The van der Waals surface area contributed by atoms with Crippen LogP contribution >= 0.6 is 11.6 Å². The first-order valence-corrected chi connectivity index (χ1v) is 13.0. The number of benzene rings is 3. The summed E-state index contributed by atoms with van der Waals surface area (Å²) in [6, 6.07) is 20.8. The molecule has 1 N–H and O–H groups in total. The Morgan fingerprint density at radius 3 is 2.44 bits per heavy atom. The highest BCUT2D eigenvalue weighted by molar-refractivity contribution is 7.92. The number of hydrogen-bond donors (Lipinski definition) is 1. The third-order valence-corrected chi connectivity index (χ3v) is 7.47. The van der Waals surface area contributed by atoms with Crippen LogP contribution in [0.1, 0.15) is 24.5 Å². The smallest absolute Gasteiger partial charge is 0.264 e. The summed E-state index contributed by atoms with van der Waals surface area (Å²) in [7, 11) is -3.97. The molecular weight excluding hydrogens is 472 g/mol. The summed E-state index contributed by atoms with van der Waals surface area (Å²) in [4.78, 5) is 12.9. The minimum absolute atomic E-state index is 0.104. The molecule has 0 aliphatic heterocycles. The zero-order valence-corrected chi connectivity index (χ0v) is 20.9. The second-order valence-electron chi connectivity index (χ2n) is 7.75. The molecule has 0 spiro atoms. The van der Waals surface area contributed by atoms with Crippen molar-refractivity contribution in [1.29, 1.82) is 0 Å². The van der Waals surface area contributed by atoms with Crippen LogP contribution in [0.25, 0.3) is 0 Å². The number of nitrogens with zero attached hydrogens (tertiary/aromatic N) is 1. The summed E-state index contributed by atoms with van der Waals surface area (Å²) in [6.45, 7) is 4.41. The van der Waals surface area contributed by atoms with Gasteiger partial charge in [0.1, 0.15) is 12.3 Å². The summed E-state index contributed by atoms with van der Waals surface area (Å²) in [6.07, 6.45) is 1.42. The third kappa shape index (κ3) is 6.52. The standard InChI is InChI=1S/C26H29ClN2O4S/c1-3-33-25-14-8-7-10-21(25)11-9-17-28-26(30)19-29(22-16-15-20(2)24(27)18-22)34(31,32)23-12-5-4-6-13-23/h4-8,10,12-16,18H,3,9,11,17,19H2,1-2H3,(H,28,30).